The molecule has 16 heteroatoms. The molecule has 0 amide bonds. The molecule has 1 fully saturated rings. The highest BCUT2D eigenvalue weighted by Gasteiger charge is 2.31. The minimum Gasteiger partial charge on any atom is -0.207 e. The first-order chi connectivity index (χ1) is 26.4. The number of hydrogen-bond acceptors (Lipinski definition) is 8. The van der Waals surface area contributed by atoms with Crippen molar-refractivity contribution < 1.29 is 33.7 Å². The Balaban J connectivity index is 1.51. The van der Waals surface area contributed by atoms with Gasteiger partial charge >= 0.3 is 0 Å². The van der Waals surface area contributed by atoms with Gasteiger partial charge in [0.05, 0.1) is 19.6 Å². The summed E-state index contributed by atoms with van der Waals surface area (Å²) in [6.07, 6.45) is 0.528. The van der Waals surface area contributed by atoms with Crippen molar-refractivity contribution in [1.29, 1.82) is 0 Å². The fourth-order valence-electron chi connectivity index (χ4n) is 6.54. The van der Waals surface area contributed by atoms with E-state index in [0.29, 0.717) is 0 Å². The Morgan fingerprint density at radius 1 is 0.286 bits per heavy atom. The lowest BCUT2D eigenvalue weighted by Gasteiger charge is -2.29. The molecule has 0 radical (unpaired) electrons. The largest absolute Gasteiger partial charge is 0.243 e. The fourth-order valence-corrected chi connectivity index (χ4v) is 12.6. The maximum Gasteiger partial charge on any atom is 0.243 e. The van der Waals surface area contributed by atoms with Crippen LogP contribution in [0, 0.1) is 27.7 Å². The predicted octanol–water partition coefficient (Wildman–Crippen LogP) is 5.56. The lowest BCUT2D eigenvalue weighted by Crippen LogP contribution is -2.41. The lowest BCUT2D eigenvalue weighted by atomic mass is 10.2. The van der Waals surface area contributed by atoms with E-state index in [1.807, 2.05) is 27.7 Å². The fraction of sp³-hybridized carbons (Fsp3) is 0.400. The number of hydrogen-bond donors (Lipinski definition) is 0. The van der Waals surface area contributed by atoms with E-state index in [2.05, 4.69) is 0 Å². The zero-order chi connectivity index (χ0) is 40.7. The molecular formula is C40H52N4O8S4. The van der Waals surface area contributed by atoms with Gasteiger partial charge in [-0.3, -0.25) is 0 Å². The topological polar surface area (TPSA) is 150 Å². The third-order valence-electron chi connectivity index (χ3n) is 9.90. The Bertz CT molecular complexity index is 2010. The Hall–Kier alpha value is -3.48. The molecule has 1 saturated heterocycles. The molecule has 0 saturated carbocycles. The molecule has 0 unspecified atom stereocenters. The van der Waals surface area contributed by atoms with Gasteiger partial charge in [-0.15, -0.1) is 0 Å². The average molecular weight is 845 g/mol. The van der Waals surface area contributed by atoms with E-state index in [0.717, 1.165) is 22.3 Å². The Morgan fingerprint density at radius 3 is 0.571 bits per heavy atom. The maximum absolute atomic E-state index is 14.1. The van der Waals surface area contributed by atoms with Crippen LogP contribution in [-0.2, 0) is 40.1 Å². The molecule has 1 aliphatic heterocycles. The van der Waals surface area contributed by atoms with Crippen LogP contribution in [0.3, 0.4) is 0 Å². The van der Waals surface area contributed by atoms with Gasteiger partial charge in [0.25, 0.3) is 0 Å². The summed E-state index contributed by atoms with van der Waals surface area (Å²) in [4.78, 5) is 0.336. The summed E-state index contributed by atoms with van der Waals surface area (Å²) in [5.41, 5.74) is 3.54. The predicted molar refractivity (Wildman–Crippen MR) is 218 cm³/mol. The summed E-state index contributed by atoms with van der Waals surface area (Å²) >= 11 is 0. The molecule has 1 aliphatic rings. The second-order valence-corrected chi connectivity index (χ2v) is 22.0. The van der Waals surface area contributed by atoms with Gasteiger partial charge in [0, 0.05) is 52.4 Å². The van der Waals surface area contributed by atoms with Crippen molar-refractivity contribution in [3.05, 3.63) is 119 Å². The van der Waals surface area contributed by atoms with E-state index in [4.69, 9.17) is 0 Å². The average Bonchev–Trinajstić information content (AvgIpc) is 3.15. The van der Waals surface area contributed by atoms with Crippen LogP contribution in [0.25, 0.3) is 0 Å². The van der Waals surface area contributed by atoms with Crippen LogP contribution < -0.4 is 0 Å². The molecule has 56 heavy (non-hydrogen) atoms. The third-order valence-corrected chi connectivity index (χ3v) is 17.5. The minimum absolute atomic E-state index is 0.0330. The Kier molecular flexibility index (Phi) is 14.3. The van der Waals surface area contributed by atoms with Crippen molar-refractivity contribution in [3.8, 4) is 0 Å². The highest BCUT2D eigenvalue weighted by Crippen LogP contribution is 2.24. The molecule has 0 atom stereocenters. The number of nitrogens with zero attached hydrogens (tertiary/aromatic N) is 4. The summed E-state index contributed by atoms with van der Waals surface area (Å²) in [6.45, 7) is 7.15. The van der Waals surface area contributed by atoms with Crippen molar-refractivity contribution in [2.45, 2.75) is 73.0 Å². The smallest absolute Gasteiger partial charge is 0.207 e. The first kappa shape index (κ1) is 43.6. The molecule has 12 nitrogen and oxygen atoms in total. The summed E-state index contributed by atoms with van der Waals surface area (Å²) in [5, 5.41) is 0. The molecule has 4 aromatic carbocycles. The molecule has 0 N–H and O–H groups in total. The van der Waals surface area contributed by atoms with E-state index in [1.54, 1.807) is 48.5 Å². The monoisotopic (exact) mass is 844 g/mol. The first-order valence-corrected chi connectivity index (χ1v) is 24.5. The molecule has 0 spiro atoms. The van der Waals surface area contributed by atoms with Crippen LogP contribution in [0.4, 0.5) is 0 Å². The van der Waals surface area contributed by atoms with Gasteiger partial charge < -0.3 is 0 Å². The molecule has 1 heterocycles. The van der Waals surface area contributed by atoms with E-state index < -0.39 is 40.1 Å². The number of aryl methyl sites for hydroxylation is 4. The molecular weight excluding hydrogens is 793 g/mol. The van der Waals surface area contributed by atoms with Crippen molar-refractivity contribution in [2.75, 3.05) is 52.4 Å². The zero-order valence-electron chi connectivity index (χ0n) is 32.4. The maximum atomic E-state index is 14.1. The van der Waals surface area contributed by atoms with Crippen molar-refractivity contribution in [1.82, 2.24) is 17.2 Å². The summed E-state index contributed by atoms with van der Waals surface area (Å²) in [6, 6.07) is 25.9. The van der Waals surface area contributed by atoms with E-state index >= 15 is 0 Å². The quantitative estimate of drug-likeness (QED) is 0.224. The highest BCUT2D eigenvalue weighted by molar-refractivity contribution is 7.90. The van der Waals surface area contributed by atoms with Crippen LogP contribution >= 0.6 is 0 Å². The Morgan fingerprint density at radius 2 is 0.429 bits per heavy atom. The number of sulfonamides is 4. The van der Waals surface area contributed by atoms with E-state index in [9.17, 15) is 33.7 Å². The van der Waals surface area contributed by atoms with Crippen molar-refractivity contribution in [2.24, 2.45) is 0 Å². The Labute approximate surface area is 334 Å². The summed E-state index contributed by atoms with van der Waals surface area (Å²) in [5.74, 6) is 0. The molecule has 0 aliphatic carbocycles. The SMILES string of the molecule is Cc1ccc(S(=O)(=O)N2CCCN(S(=O)(=O)c3ccc(C)cc3)CCCN(S(=O)(=O)c3ccc(C)cc3)CCCN(S(=O)(=O)c3ccc(C)cc3)CCC2)cc1. The van der Waals surface area contributed by atoms with E-state index in [-0.39, 0.29) is 97.6 Å². The lowest BCUT2D eigenvalue weighted by molar-refractivity contribution is 0.310. The molecule has 5 rings (SSSR count). The third kappa shape index (κ3) is 10.5. The van der Waals surface area contributed by atoms with E-state index in [1.165, 1.54) is 65.8 Å². The van der Waals surface area contributed by atoms with Gasteiger partial charge in [-0.05, 0) is 102 Å². The van der Waals surface area contributed by atoms with Crippen LogP contribution in [0.15, 0.2) is 117 Å². The zero-order valence-corrected chi connectivity index (χ0v) is 35.7. The molecule has 304 valence electrons. The molecule has 4 aromatic rings. The number of benzene rings is 4. The van der Waals surface area contributed by atoms with Gasteiger partial charge in [-0.25, -0.2) is 33.7 Å². The molecule has 0 bridgehead atoms. The van der Waals surface area contributed by atoms with Crippen molar-refractivity contribution >= 4 is 40.1 Å². The van der Waals surface area contributed by atoms with Gasteiger partial charge in [-0.1, -0.05) is 70.8 Å². The number of rotatable bonds is 8. The molecule has 0 aromatic heterocycles. The summed E-state index contributed by atoms with van der Waals surface area (Å²) in [7, 11) is -16.2. The minimum atomic E-state index is -4.05. The van der Waals surface area contributed by atoms with Crippen LogP contribution in [0.5, 0.6) is 0 Å². The normalized spacial score (nSPS) is 17.8. The van der Waals surface area contributed by atoms with Crippen LogP contribution in [0.1, 0.15) is 47.9 Å². The highest BCUT2D eigenvalue weighted by atomic mass is 32.2. The van der Waals surface area contributed by atoms with Gasteiger partial charge in [0.1, 0.15) is 0 Å². The summed E-state index contributed by atoms with van der Waals surface area (Å²) < 4.78 is 118. The standard InChI is InChI=1S/C40H52N4O8S4/c1-33-9-17-37(18-10-33)53(45,46)41-25-5-27-42(54(47,48)38-19-11-34(2)12-20-38)29-7-31-44(56(51,52)40-23-15-36(4)16-24-40)32-8-30-43(28-6-26-41)55(49,50)39-21-13-35(3)14-22-39/h9-24H,5-8,25-32H2,1-4H3. The second-order valence-electron chi connectivity index (χ2n) is 14.3. The van der Waals surface area contributed by atoms with Crippen LogP contribution in [0.2, 0.25) is 0 Å². The van der Waals surface area contributed by atoms with Gasteiger partial charge in [-0.2, -0.15) is 17.2 Å². The van der Waals surface area contributed by atoms with Gasteiger partial charge in [0.2, 0.25) is 40.1 Å². The first-order valence-electron chi connectivity index (χ1n) is 18.7. The van der Waals surface area contributed by atoms with Gasteiger partial charge in [0.15, 0.2) is 0 Å². The second kappa shape index (κ2) is 18.4. The van der Waals surface area contributed by atoms with Crippen molar-refractivity contribution in [3.63, 3.8) is 0 Å². The van der Waals surface area contributed by atoms with Crippen LogP contribution in [-0.4, -0.2) is 103 Å².